The number of hydrogen-bond donors (Lipinski definition) is 2. The van der Waals surface area contributed by atoms with Crippen molar-refractivity contribution in [3.63, 3.8) is 0 Å². The van der Waals surface area contributed by atoms with Gasteiger partial charge in [0.15, 0.2) is 0 Å². The van der Waals surface area contributed by atoms with Crippen LogP contribution in [0.15, 0.2) is 48.5 Å². The first-order chi connectivity index (χ1) is 15.7. The van der Waals surface area contributed by atoms with Crippen LogP contribution in [0, 0.1) is 0 Å². The molecule has 0 unspecified atom stereocenters. The highest BCUT2D eigenvalue weighted by Gasteiger charge is 2.29. The highest BCUT2D eigenvalue weighted by Crippen LogP contribution is 2.44. The molecule has 1 aliphatic carbocycles. The van der Waals surface area contributed by atoms with Gasteiger partial charge in [-0.3, -0.25) is 0 Å². The molecule has 2 aromatic carbocycles. The lowest BCUT2D eigenvalue weighted by molar-refractivity contribution is -0.143. The standard InChI is InChI=1S/C25H30N2O6/c1-25(2,3)33-24(30)32-22(28)21(26)13-8-14-27-23(29)31-15-20-18-11-6-4-9-16(18)17-10-5-7-12-19(17)20/h4-7,9-12,20-21H,8,13-15,26H2,1-3H3,(H,27,29)/t21-/m0/s1. The van der Waals surface area contributed by atoms with Crippen LogP contribution in [-0.2, 0) is 19.0 Å². The lowest BCUT2D eigenvalue weighted by atomic mass is 9.98. The van der Waals surface area contributed by atoms with Crippen LogP contribution in [-0.4, -0.2) is 43.0 Å². The van der Waals surface area contributed by atoms with Crippen LogP contribution in [0.25, 0.3) is 11.1 Å². The van der Waals surface area contributed by atoms with Crippen molar-refractivity contribution in [3.8, 4) is 11.1 Å². The number of alkyl carbamates (subject to hydrolysis) is 1. The maximum Gasteiger partial charge on any atom is 0.516 e. The Hall–Kier alpha value is -3.39. The molecular weight excluding hydrogens is 424 g/mol. The minimum Gasteiger partial charge on any atom is -0.449 e. The zero-order valence-electron chi connectivity index (χ0n) is 19.1. The van der Waals surface area contributed by atoms with Crippen molar-refractivity contribution in [2.24, 2.45) is 5.73 Å². The molecule has 8 heteroatoms. The summed E-state index contributed by atoms with van der Waals surface area (Å²) in [5, 5.41) is 2.66. The Kier molecular flexibility index (Phi) is 7.71. The molecule has 0 bridgehead atoms. The predicted molar refractivity (Wildman–Crippen MR) is 123 cm³/mol. The van der Waals surface area contributed by atoms with Gasteiger partial charge in [-0.05, 0) is 55.9 Å². The van der Waals surface area contributed by atoms with Gasteiger partial charge in [0.1, 0.15) is 18.2 Å². The van der Waals surface area contributed by atoms with Gasteiger partial charge < -0.3 is 25.3 Å². The van der Waals surface area contributed by atoms with Crippen LogP contribution < -0.4 is 11.1 Å². The number of carbonyl (C=O) groups excluding carboxylic acids is 3. The molecular formula is C25H30N2O6. The van der Waals surface area contributed by atoms with Crippen molar-refractivity contribution in [2.75, 3.05) is 13.2 Å². The maximum atomic E-state index is 12.2. The minimum absolute atomic E-state index is 0.0146. The third-order valence-corrected chi connectivity index (χ3v) is 5.18. The quantitative estimate of drug-likeness (QED) is 0.367. The maximum absolute atomic E-state index is 12.2. The second kappa shape index (κ2) is 10.5. The van der Waals surface area contributed by atoms with Crippen LogP contribution >= 0.6 is 0 Å². The van der Waals surface area contributed by atoms with Crippen LogP contribution in [0.1, 0.15) is 50.7 Å². The van der Waals surface area contributed by atoms with E-state index in [-0.39, 0.29) is 25.5 Å². The SMILES string of the molecule is CC(C)(C)OC(=O)OC(=O)[C@@H](N)CCCNC(=O)OCC1c2ccccc2-c2ccccc21. The van der Waals surface area contributed by atoms with Gasteiger partial charge in [0, 0.05) is 12.5 Å². The molecule has 0 heterocycles. The summed E-state index contributed by atoms with van der Waals surface area (Å²) < 4.78 is 15.0. The number of ether oxygens (including phenoxy) is 3. The summed E-state index contributed by atoms with van der Waals surface area (Å²) in [6.07, 6.45) is -0.985. The van der Waals surface area contributed by atoms with E-state index in [9.17, 15) is 14.4 Å². The molecule has 176 valence electrons. The summed E-state index contributed by atoms with van der Waals surface area (Å²) in [5.41, 5.74) is 9.58. The van der Waals surface area contributed by atoms with E-state index in [0.29, 0.717) is 6.42 Å². The highest BCUT2D eigenvalue weighted by molar-refractivity contribution is 5.85. The average Bonchev–Trinajstić information content (AvgIpc) is 3.07. The van der Waals surface area contributed by atoms with E-state index in [4.69, 9.17) is 15.2 Å². The Morgan fingerprint density at radius 1 is 1.00 bits per heavy atom. The van der Waals surface area contributed by atoms with Gasteiger partial charge >= 0.3 is 18.2 Å². The normalized spacial score (nSPS) is 13.5. The number of hydrogen-bond acceptors (Lipinski definition) is 7. The van der Waals surface area contributed by atoms with Gasteiger partial charge in [0.2, 0.25) is 0 Å². The van der Waals surface area contributed by atoms with Gasteiger partial charge in [0.05, 0.1) is 0 Å². The number of nitrogens with one attached hydrogen (secondary N) is 1. The molecule has 0 fully saturated rings. The Morgan fingerprint density at radius 2 is 1.58 bits per heavy atom. The molecule has 2 aromatic rings. The van der Waals surface area contributed by atoms with E-state index in [0.717, 1.165) is 22.3 Å². The Bertz CT molecular complexity index is 968. The largest absolute Gasteiger partial charge is 0.516 e. The van der Waals surface area contributed by atoms with Crippen LogP contribution in [0.4, 0.5) is 9.59 Å². The second-order valence-electron chi connectivity index (χ2n) is 8.89. The molecule has 33 heavy (non-hydrogen) atoms. The van der Waals surface area contributed by atoms with E-state index in [1.54, 1.807) is 20.8 Å². The number of carbonyl (C=O) groups is 3. The van der Waals surface area contributed by atoms with Crippen molar-refractivity contribution < 1.29 is 28.6 Å². The zero-order valence-corrected chi connectivity index (χ0v) is 19.1. The molecule has 1 atom stereocenters. The van der Waals surface area contributed by atoms with Crippen molar-refractivity contribution in [2.45, 2.75) is 51.2 Å². The third kappa shape index (κ3) is 6.55. The number of benzene rings is 2. The molecule has 0 spiro atoms. The van der Waals surface area contributed by atoms with Crippen LogP contribution in [0.3, 0.4) is 0 Å². The van der Waals surface area contributed by atoms with Gasteiger partial charge in [-0.2, -0.15) is 0 Å². The summed E-state index contributed by atoms with van der Waals surface area (Å²) in [7, 11) is 0. The highest BCUT2D eigenvalue weighted by atomic mass is 16.7. The smallest absolute Gasteiger partial charge is 0.449 e. The van der Waals surface area contributed by atoms with Gasteiger partial charge in [-0.25, -0.2) is 14.4 Å². The fourth-order valence-corrected chi connectivity index (χ4v) is 3.71. The first kappa shape index (κ1) is 24.3. The Labute approximate surface area is 193 Å². The van der Waals surface area contributed by atoms with E-state index in [1.807, 2.05) is 24.3 Å². The average molecular weight is 455 g/mol. The summed E-state index contributed by atoms with van der Waals surface area (Å²) in [5.74, 6) is -0.885. The summed E-state index contributed by atoms with van der Waals surface area (Å²) >= 11 is 0. The predicted octanol–water partition coefficient (Wildman–Crippen LogP) is 4.11. The number of nitrogens with two attached hydrogens (primary N) is 1. The topological polar surface area (TPSA) is 117 Å². The monoisotopic (exact) mass is 454 g/mol. The lowest BCUT2D eigenvalue weighted by Crippen LogP contribution is -2.36. The first-order valence-electron chi connectivity index (χ1n) is 10.9. The van der Waals surface area contributed by atoms with Crippen LogP contribution in [0.5, 0.6) is 0 Å². The fourth-order valence-electron chi connectivity index (χ4n) is 3.71. The van der Waals surface area contributed by atoms with Crippen molar-refractivity contribution in [1.29, 1.82) is 0 Å². The fraction of sp³-hybridized carbons (Fsp3) is 0.400. The van der Waals surface area contributed by atoms with Crippen molar-refractivity contribution >= 4 is 18.2 Å². The lowest BCUT2D eigenvalue weighted by Gasteiger charge is -2.19. The van der Waals surface area contributed by atoms with Gasteiger partial charge in [-0.15, -0.1) is 0 Å². The van der Waals surface area contributed by atoms with Crippen molar-refractivity contribution in [3.05, 3.63) is 59.7 Å². The molecule has 3 rings (SSSR count). The number of rotatable bonds is 7. The second-order valence-corrected chi connectivity index (χ2v) is 8.89. The molecule has 1 aliphatic rings. The van der Waals surface area contributed by atoms with E-state index >= 15 is 0 Å². The van der Waals surface area contributed by atoms with E-state index in [1.165, 1.54) is 0 Å². The molecule has 0 aromatic heterocycles. The van der Waals surface area contributed by atoms with Gasteiger partial charge in [-0.1, -0.05) is 48.5 Å². The third-order valence-electron chi connectivity index (χ3n) is 5.18. The molecule has 0 saturated carbocycles. The Morgan fingerprint density at radius 3 is 2.15 bits per heavy atom. The molecule has 8 nitrogen and oxygen atoms in total. The number of esters is 1. The molecule has 1 amide bonds. The van der Waals surface area contributed by atoms with E-state index in [2.05, 4.69) is 34.3 Å². The summed E-state index contributed by atoms with van der Waals surface area (Å²) in [6, 6.07) is 15.2. The number of fused-ring (bicyclic) bond motifs is 3. The zero-order chi connectivity index (χ0) is 24.0. The Balaban J connectivity index is 1.39. The van der Waals surface area contributed by atoms with Gasteiger partial charge in [0.25, 0.3) is 0 Å². The molecule has 0 radical (unpaired) electrons. The number of amides is 1. The molecule has 0 aliphatic heterocycles. The van der Waals surface area contributed by atoms with Crippen LogP contribution in [0.2, 0.25) is 0 Å². The minimum atomic E-state index is -1.08. The molecule has 3 N–H and O–H groups in total. The summed E-state index contributed by atoms with van der Waals surface area (Å²) in [4.78, 5) is 35.6. The summed E-state index contributed by atoms with van der Waals surface area (Å²) in [6.45, 7) is 5.47. The first-order valence-corrected chi connectivity index (χ1v) is 10.9. The van der Waals surface area contributed by atoms with E-state index < -0.39 is 29.9 Å². The van der Waals surface area contributed by atoms with Crippen molar-refractivity contribution in [1.82, 2.24) is 5.32 Å². The molecule has 0 saturated heterocycles.